The molecule has 4 rings (SSSR count). The summed E-state index contributed by atoms with van der Waals surface area (Å²) >= 11 is 6.23. The smallest absolute Gasteiger partial charge is 0.273 e. The van der Waals surface area contributed by atoms with Crippen LogP contribution in [0.15, 0.2) is 53.1 Å². The lowest BCUT2D eigenvalue weighted by molar-refractivity contribution is 0.0708. The van der Waals surface area contributed by atoms with E-state index in [1.165, 1.54) is 0 Å². The fourth-order valence-electron chi connectivity index (χ4n) is 3.46. The minimum atomic E-state index is -0.153. The van der Waals surface area contributed by atoms with Crippen molar-refractivity contribution in [1.82, 2.24) is 14.9 Å². The lowest BCUT2D eigenvalue weighted by Gasteiger charge is -2.22. The van der Waals surface area contributed by atoms with Gasteiger partial charge in [0, 0.05) is 23.7 Å². The van der Waals surface area contributed by atoms with Crippen molar-refractivity contribution in [3.05, 3.63) is 82.3 Å². The van der Waals surface area contributed by atoms with Gasteiger partial charge in [0.25, 0.3) is 5.91 Å². The lowest BCUT2D eigenvalue weighted by atomic mass is 10.1. The van der Waals surface area contributed by atoms with Crippen molar-refractivity contribution in [3.8, 4) is 0 Å². The second-order valence-electron chi connectivity index (χ2n) is 6.75. The van der Waals surface area contributed by atoms with E-state index in [1.54, 1.807) is 12.3 Å². The Hall–Kier alpha value is -2.66. The summed E-state index contributed by atoms with van der Waals surface area (Å²) in [6.07, 6.45) is 4.06. The van der Waals surface area contributed by atoms with Crippen LogP contribution in [0.1, 0.15) is 52.3 Å². The highest BCUT2D eigenvalue weighted by molar-refractivity contribution is 6.31. The summed E-state index contributed by atoms with van der Waals surface area (Å²) in [6, 6.07) is 13.0. The summed E-state index contributed by atoms with van der Waals surface area (Å²) in [7, 11) is 0. The van der Waals surface area contributed by atoms with Crippen molar-refractivity contribution in [3.63, 3.8) is 0 Å². The molecular formula is C21H20ClN3O2. The Bertz CT molecular complexity index is 969. The minimum absolute atomic E-state index is 0.0768. The largest absolute Gasteiger partial charge is 0.443 e. The topological polar surface area (TPSA) is 59.2 Å². The van der Waals surface area contributed by atoms with Gasteiger partial charge in [-0.05, 0) is 43.5 Å². The minimum Gasteiger partial charge on any atom is -0.443 e. The number of oxazole rings is 1. The normalized spacial score (nSPS) is 16.7. The molecule has 1 fully saturated rings. The molecule has 3 aromatic rings. The molecule has 1 amide bonds. The van der Waals surface area contributed by atoms with Crippen molar-refractivity contribution in [1.29, 1.82) is 0 Å². The number of aryl methyl sites for hydroxylation is 1. The van der Waals surface area contributed by atoms with Gasteiger partial charge in [-0.1, -0.05) is 35.9 Å². The molecule has 0 bridgehead atoms. The number of likely N-dealkylation sites (tertiary alicyclic amines) is 1. The van der Waals surface area contributed by atoms with Crippen LogP contribution < -0.4 is 0 Å². The number of benzene rings is 1. The Morgan fingerprint density at radius 2 is 2.11 bits per heavy atom. The van der Waals surface area contributed by atoms with Gasteiger partial charge in [0.1, 0.15) is 17.5 Å². The Morgan fingerprint density at radius 1 is 1.26 bits per heavy atom. The van der Waals surface area contributed by atoms with E-state index in [0.717, 1.165) is 29.9 Å². The Kier molecular flexibility index (Phi) is 4.94. The Morgan fingerprint density at radius 3 is 2.93 bits per heavy atom. The molecule has 0 spiro atoms. The molecule has 1 atom stereocenters. The predicted octanol–water partition coefficient (Wildman–Crippen LogP) is 4.60. The van der Waals surface area contributed by atoms with Gasteiger partial charge in [0.15, 0.2) is 0 Å². The molecule has 1 aromatic carbocycles. The molecule has 2 aromatic heterocycles. The molecule has 27 heavy (non-hydrogen) atoms. The molecule has 0 saturated carbocycles. The first-order valence-electron chi connectivity index (χ1n) is 9.04. The molecule has 1 aliphatic heterocycles. The van der Waals surface area contributed by atoms with Gasteiger partial charge in [-0.3, -0.25) is 4.79 Å². The maximum atomic E-state index is 12.9. The van der Waals surface area contributed by atoms with Gasteiger partial charge >= 0.3 is 0 Å². The highest BCUT2D eigenvalue weighted by Gasteiger charge is 2.34. The fourth-order valence-corrected chi connectivity index (χ4v) is 3.67. The van der Waals surface area contributed by atoms with E-state index in [0.29, 0.717) is 29.6 Å². The average Bonchev–Trinajstić information content (AvgIpc) is 3.32. The third-order valence-electron chi connectivity index (χ3n) is 4.80. The van der Waals surface area contributed by atoms with Crippen LogP contribution in [0.5, 0.6) is 0 Å². The van der Waals surface area contributed by atoms with E-state index in [4.69, 9.17) is 16.0 Å². The first kappa shape index (κ1) is 17.7. The number of amides is 1. The zero-order chi connectivity index (χ0) is 18.8. The molecule has 1 aliphatic rings. The first-order chi connectivity index (χ1) is 13.1. The van der Waals surface area contributed by atoms with Gasteiger partial charge in [-0.2, -0.15) is 0 Å². The van der Waals surface area contributed by atoms with Crippen LogP contribution in [0.4, 0.5) is 0 Å². The van der Waals surface area contributed by atoms with Crippen molar-refractivity contribution in [2.75, 3.05) is 6.54 Å². The third kappa shape index (κ3) is 3.74. The van der Waals surface area contributed by atoms with E-state index in [-0.39, 0.29) is 11.9 Å². The molecule has 138 valence electrons. The highest BCUT2D eigenvalue weighted by Crippen LogP contribution is 2.33. The molecule has 5 nitrogen and oxygen atoms in total. The van der Waals surface area contributed by atoms with E-state index in [2.05, 4.69) is 9.97 Å². The van der Waals surface area contributed by atoms with Gasteiger partial charge in [0.05, 0.1) is 6.20 Å². The number of pyridine rings is 1. The van der Waals surface area contributed by atoms with Crippen molar-refractivity contribution in [2.24, 2.45) is 0 Å². The number of halogens is 1. The molecule has 0 aliphatic carbocycles. The van der Waals surface area contributed by atoms with Crippen LogP contribution in [-0.4, -0.2) is 27.3 Å². The SMILES string of the molecule is Cc1cccc(C(=O)N2CCC[C@H]2c2ncc(Cc3ccccc3Cl)o2)n1. The molecular weight excluding hydrogens is 362 g/mol. The second-order valence-corrected chi connectivity index (χ2v) is 7.16. The van der Waals surface area contributed by atoms with Gasteiger partial charge < -0.3 is 9.32 Å². The molecule has 6 heteroatoms. The zero-order valence-corrected chi connectivity index (χ0v) is 15.8. The molecule has 0 N–H and O–H groups in total. The summed E-state index contributed by atoms with van der Waals surface area (Å²) in [5.74, 6) is 1.24. The maximum Gasteiger partial charge on any atom is 0.273 e. The summed E-state index contributed by atoms with van der Waals surface area (Å²) in [5, 5.41) is 0.707. The summed E-state index contributed by atoms with van der Waals surface area (Å²) < 4.78 is 5.98. The number of aromatic nitrogens is 2. The Labute approximate surface area is 163 Å². The van der Waals surface area contributed by atoms with E-state index in [9.17, 15) is 4.79 Å². The van der Waals surface area contributed by atoms with Crippen LogP contribution >= 0.6 is 11.6 Å². The molecule has 0 unspecified atom stereocenters. The van der Waals surface area contributed by atoms with Crippen molar-refractivity contribution >= 4 is 17.5 Å². The third-order valence-corrected chi connectivity index (χ3v) is 5.17. The van der Waals surface area contributed by atoms with Gasteiger partial charge in [-0.15, -0.1) is 0 Å². The van der Waals surface area contributed by atoms with E-state index >= 15 is 0 Å². The fraction of sp³-hybridized carbons (Fsp3) is 0.286. The maximum absolute atomic E-state index is 12.9. The molecule has 1 saturated heterocycles. The summed E-state index contributed by atoms with van der Waals surface area (Å²) in [4.78, 5) is 23.5. The van der Waals surface area contributed by atoms with Crippen LogP contribution in [0.25, 0.3) is 0 Å². The number of hydrogen-bond donors (Lipinski definition) is 0. The predicted molar refractivity (Wildman–Crippen MR) is 103 cm³/mol. The number of nitrogens with zero attached hydrogens (tertiary/aromatic N) is 3. The molecule has 3 heterocycles. The average molecular weight is 382 g/mol. The second kappa shape index (κ2) is 7.53. The summed E-state index contributed by atoms with van der Waals surface area (Å²) in [6.45, 7) is 2.56. The summed E-state index contributed by atoms with van der Waals surface area (Å²) in [5.41, 5.74) is 2.28. The van der Waals surface area contributed by atoms with Gasteiger partial charge in [0.2, 0.25) is 5.89 Å². The van der Waals surface area contributed by atoms with Crippen molar-refractivity contribution < 1.29 is 9.21 Å². The van der Waals surface area contributed by atoms with E-state index in [1.807, 2.05) is 48.2 Å². The lowest BCUT2D eigenvalue weighted by Crippen LogP contribution is -2.31. The highest BCUT2D eigenvalue weighted by atomic mass is 35.5. The van der Waals surface area contributed by atoms with Crippen LogP contribution in [0, 0.1) is 6.92 Å². The Balaban J connectivity index is 1.53. The van der Waals surface area contributed by atoms with Crippen molar-refractivity contribution in [2.45, 2.75) is 32.2 Å². The quantitative estimate of drug-likeness (QED) is 0.662. The number of carbonyl (C=O) groups excluding carboxylic acids is 1. The monoisotopic (exact) mass is 381 g/mol. The van der Waals surface area contributed by atoms with Gasteiger partial charge in [-0.25, -0.2) is 9.97 Å². The van der Waals surface area contributed by atoms with Crippen LogP contribution in [0.2, 0.25) is 5.02 Å². The first-order valence-corrected chi connectivity index (χ1v) is 9.42. The standard InChI is InChI=1S/C21H20ClN3O2/c1-14-6-4-9-18(24-14)21(26)25-11-5-10-19(25)20-23-13-16(27-20)12-15-7-2-3-8-17(15)22/h2-4,6-9,13,19H,5,10-12H2,1H3/t19-/m0/s1. The van der Waals surface area contributed by atoms with Crippen LogP contribution in [-0.2, 0) is 6.42 Å². The molecule has 0 radical (unpaired) electrons. The number of hydrogen-bond acceptors (Lipinski definition) is 4. The zero-order valence-electron chi connectivity index (χ0n) is 15.1. The van der Waals surface area contributed by atoms with Crippen LogP contribution in [0.3, 0.4) is 0 Å². The number of rotatable bonds is 4. The number of carbonyl (C=O) groups is 1. The van der Waals surface area contributed by atoms with E-state index < -0.39 is 0 Å².